The van der Waals surface area contributed by atoms with Gasteiger partial charge >= 0.3 is 5.97 Å². The minimum Gasteiger partial charge on any atom is -0.478 e. The monoisotopic (exact) mass is 269 g/mol. The van der Waals surface area contributed by atoms with Crippen molar-refractivity contribution in [1.29, 1.82) is 0 Å². The lowest BCUT2D eigenvalue weighted by Crippen LogP contribution is -2.25. The molecule has 0 spiro atoms. The summed E-state index contributed by atoms with van der Waals surface area (Å²) in [5.41, 5.74) is 0.220. The largest absolute Gasteiger partial charge is 0.478 e. The summed E-state index contributed by atoms with van der Waals surface area (Å²) in [6.07, 6.45) is 2.11. The van der Waals surface area contributed by atoms with Crippen LogP contribution in [0.4, 0.5) is 0 Å². The molecule has 5 nitrogen and oxygen atoms in total. The van der Waals surface area contributed by atoms with E-state index in [1.54, 1.807) is 6.08 Å². The molecule has 1 rings (SSSR count). The highest BCUT2D eigenvalue weighted by atomic mass is 32.2. The molecule has 0 saturated carbocycles. The molecule has 0 aromatic heterocycles. The molecule has 18 heavy (non-hydrogen) atoms. The normalized spacial score (nSPS) is 11.2. The lowest BCUT2D eigenvalue weighted by molar-refractivity contribution is 0.0696. The van der Waals surface area contributed by atoms with Gasteiger partial charge in [-0.1, -0.05) is 12.1 Å². The van der Waals surface area contributed by atoms with Gasteiger partial charge in [-0.3, -0.25) is 0 Å². The predicted octanol–water partition coefficient (Wildman–Crippen LogP) is 1.55. The van der Waals surface area contributed by atoms with Crippen LogP contribution in [0.3, 0.4) is 0 Å². The smallest absolute Gasteiger partial charge is 0.335 e. The number of aromatic carboxylic acids is 1. The highest BCUT2D eigenvalue weighted by molar-refractivity contribution is 7.89. The Bertz CT molecular complexity index is 563. The number of nitrogens with one attached hydrogen (secondary N) is 1. The van der Waals surface area contributed by atoms with E-state index in [4.69, 9.17) is 5.11 Å². The Balaban J connectivity index is 3.13. The van der Waals surface area contributed by atoms with Crippen molar-refractivity contribution in [3.8, 4) is 0 Å². The fourth-order valence-electron chi connectivity index (χ4n) is 1.51. The fourth-order valence-corrected chi connectivity index (χ4v) is 2.82. The summed E-state index contributed by atoms with van der Waals surface area (Å²) in [5, 5.41) is 8.94. The number of carbonyl (C=O) groups is 1. The fraction of sp³-hybridized carbons (Fsp3) is 0.250. The van der Waals surface area contributed by atoms with E-state index >= 15 is 0 Å². The van der Waals surface area contributed by atoms with Crippen LogP contribution in [-0.2, 0) is 10.0 Å². The Morgan fingerprint density at radius 2 is 2.17 bits per heavy atom. The molecule has 0 bridgehead atoms. The van der Waals surface area contributed by atoms with Crippen LogP contribution in [0, 0.1) is 6.92 Å². The molecule has 0 fully saturated rings. The average molecular weight is 269 g/mol. The van der Waals surface area contributed by atoms with E-state index in [2.05, 4.69) is 11.3 Å². The van der Waals surface area contributed by atoms with Crippen LogP contribution in [0.15, 0.2) is 35.7 Å². The van der Waals surface area contributed by atoms with E-state index in [-0.39, 0.29) is 22.6 Å². The number of hydrogen-bond acceptors (Lipinski definition) is 3. The standard InChI is InChI=1S/C12H15NO4S/c1-3-4-8-13-18(16,17)11-7-5-6-10(9(11)2)12(14)15/h3,5-7,13H,1,4,8H2,2H3,(H,14,15). The SMILES string of the molecule is C=CCCNS(=O)(=O)c1cccc(C(=O)O)c1C. The van der Waals surface area contributed by atoms with E-state index in [1.807, 2.05) is 0 Å². The summed E-state index contributed by atoms with van der Waals surface area (Å²) in [6, 6.07) is 4.18. The predicted molar refractivity (Wildman–Crippen MR) is 68.1 cm³/mol. The molecule has 0 atom stereocenters. The molecule has 0 unspecified atom stereocenters. The highest BCUT2D eigenvalue weighted by Gasteiger charge is 2.19. The molecule has 0 amide bonds. The maximum atomic E-state index is 12.0. The summed E-state index contributed by atoms with van der Waals surface area (Å²) in [5.74, 6) is -1.14. The molecule has 0 saturated heterocycles. The van der Waals surface area contributed by atoms with Gasteiger partial charge in [0.05, 0.1) is 10.5 Å². The van der Waals surface area contributed by atoms with E-state index in [0.717, 1.165) is 0 Å². The summed E-state index contributed by atoms with van der Waals surface area (Å²) in [7, 11) is -3.68. The third kappa shape index (κ3) is 3.18. The van der Waals surface area contributed by atoms with E-state index < -0.39 is 16.0 Å². The van der Waals surface area contributed by atoms with Gasteiger partial charge in [0.25, 0.3) is 0 Å². The first-order valence-corrected chi connectivity index (χ1v) is 6.82. The number of carboxylic acids is 1. The summed E-state index contributed by atoms with van der Waals surface area (Å²) in [6.45, 7) is 5.21. The molecule has 98 valence electrons. The van der Waals surface area contributed by atoms with Gasteiger partial charge in [-0.2, -0.15) is 0 Å². The van der Waals surface area contributed by atoms with E-state index in [0.29, 0.717) is 6.42 Å². The molecule has 0 aliphatic rings. The van der Waals surface area contributed by atoms with Gasteiger partial charge < -0.3 is 5.11 Å². The van der Waals surface area contributed by atoms with Crippen molar-refractivity contribution in [1.82, 2.24) is 4.72 Å². The number of carboxylic acid groups (broad SMARTS) is 1. The molecule has 0 heterocycles. The quantitative estimate of drug-likeness (QED) is 0.606. The Morgan fingerprint density at radius 3 is 2.72 bits per heavy atom. The maximum absolute atomic E-state index is 12.0. The third-order valence-corrected chi connectivity index (χ3v) is 4.05. The Morgan fingerprint density at radius 1 is 1.50 bits per heavy atom. The molecule has 0 aliphatic heterocycles. The second kappa shape index (κ2) is 5.79. The first kappa shape index (κ1) is 14.4. The summed E-state index contributed by atoms with van der Waals surface area (Å²) in [4.78, 5) is 10.9. The first-order valence-electron chi connectivity index (χ1n) is 5.33. The molecular formula is C12H15NO4S. The van der Waals surface area contributed by atoms with Crippen LogP contribution in [0.5, 0.6) is 0 Å². The Hall–Kier alpha value is -1.66. The van der Waals surface area contributed by atoms with Crippen molar-refractivity contribution in [3.63, 3.8) is 0 Å². The highest BCUT2D eigenvalue weighted by Crippen LogP contribution is 2.18. The van der Waals surface area contributed by atoms with Gasteiger partial charge in [-0.25, -0.2) is 17.9 Å². The van der Waals surface area contributed by atoms with Crippen molar-refractivity contribution < 1.29 is 18.3 Å². The summed E-state index contributed by atoms with van der Waals surface area (Å²) >= 11 is 0. The number of hydrogen-bond donors (Lipinski definition) is 2. The second-order valence-corrected chi connectivity index (χ2v) is 5.44. The van der Waals surface area contributed by atoms with Crippen molar-refractivity contribution in [2.24, 2.45) is 0 Å². The second-order valence-electron chi connectivity index (χ2n) is 3.71. The van der Waals surface area contributed by atoms with Crippen molar-refractivity contribution in [3.05, 3.63) is 42.0 Å². The zero-order chi connectivity index (χ0) is 13.8. The van der Waals surface area contributed by atoms with Gasteiger partial charge in [0.1, 0.15) is 0 Å². The maximum Gasteiger partial charge on any atom is 0.335 e. The van der Waals surface area contributed by atoms with Crippen molar-refractivity contribution in [2.45, 2.75) is 18.2 Å². The molecule has 0 aliphatic carbocycles. The van der Waals surface area contributed by atoms with Crippen LogP contribution < -0.4 is 4.72 Å². The van der Waals surface area contributed by atoms with E-state index in [1.165, 1.54) is 25.1 Å². The van der Waals surface area contributed by atoms with Crippen LogP contribution in [0.1, 0.15) is 22.3 Å². The van der Waals surface area contributed by atoms with Crippen LogP contribution >= 0.6 is 0 Å². The van der Waals surface area contributed by atoms with E-state index in [9.17, 15) is 13.2 Å². The zero-order valence-corrected chi connectivity index (χ0v) is 10.8. The topological polar surface area (TPSA) is 83.5 Å². The van der Waals surface area contributed by atoms with Crippen LogP contribution in [-0.4, -0.2) is 26.0 Å². The molecule has 1 aromatic carbocycles. The molecule has 1 aromatic rings. The van der Waals surface area contributed by atoms with Crippen LogP contribution in [0.2, 0.25) is 0 Å². The minimum atomic E-state index is -3.68. The number of sulfonamides is 1. The summed E-state index contributed by atoms with van der Waals surface area (Å²) < 4.78 is 26.3. The van der Waals surface area contributed by atoms with Crippen LogP contribution in [0.25, 0.3) is 0 Å². The Labute approximate surface area is 106 Å². The number of rotatable bonds is 6. The van der Waals surface area contributed by atoms with Crippen molar-refractivity contribution >= 4 is 16.0 Å². The van der Waals surface area contributed by atoms with Gasteiger partial charge in [0.15, 0.2) is 0 Å². The molecule has 0 radical (unpaired) electrons. The van der Waals surface area contributed by atoms with Gasteiger partial charge in [-0.05, 0) is 31.0 Å². The van der Waals surface area contributed by atoms with Crippen molar-refractivity contribution in [2.75, 3.05) is 6.54 Å². The minimum absolute atomic E-state index is 0.00791. The molecule has 2 N–H and O–H groups in total. The van der Waals surface area contributed by atoms with Gasteiger partial charge in [0, 0.05) is 6.54 Å². The third-order valence-electron chi connectivity index (χ3n) is 2.44. The van der Waals surface area contributed by atoms with Gasteiger partial charge in [0.2, 0.25) is 10.0 Å². The molecule has 6 heteroatoms. The zero-order valence-electron chi connectivity index (χ0n) is 10.0. The Kier molecular flexibility index (Phi) is 4.63. The van der Waals surface area contributed by atoms with Gasteiger partial charge in [-0.15, -0.1) is 6.58 Å². The lowest BCUT2D eigenvalue weighted by Gasteiger charge is -2.10. The first-order chi connectivity index (χ1) is 8.40. The number of benzene rings is 1. The molecular weight excluding hydrogens is 254 g/mol. The lowest BCUT2D eigenvalue weighted by atomic mass is 10.1. The average Bonchev–Trinajstić information content (AvgIpc) is 2.28.